The molecule has 1 aromatic carbocycles. The van der Waals surface area contributed by atoms with Crippen molar-refractivity contribution < 1.29 is 83.0 Å². The van der Waals surface area contributed by atoms with Gasteiger partial charge < -0.3 is 63.8 Å². The normalized spacial score (nSPS) is 41.6. The maximum absolute atomic E-state index is 14.7. The highest BCUT2D eigenvalue weighted by molar-refractivity contribution is 6.32. The molecule has 1 spiro atoms. The maximum atomic E-state index is 14.7. The molecule has 4 heterocycles. The Balaban J connectivity index is 0.950. The quantitative estimate of drug-likeness (QED) is 0.110. The number of carboxylic acid groups (broad SMARTS) is 1. The largest absolute Gasteiger partial charge is 0.507 e. The van der Waals surface area contributed by atoms with Gasteiger partial charge in [-0.15, -0.1) is 0 Å². The number of aliphatic carboxylic acids is 1. The van der Waals surface area contributed by atoms with Gasteiger partial charge in [0.1, 0.15) is 29.6 Å². The highest BCUT2D eigenvalue weighted by Gasteiger charge is 2.60. The molecular weight excluding hydrogens is 896 g/mol. The summed E-state index contributed by atoms with van der Waals surface area (Å²) in [6.07, 6.45) is 2.05. The number of phenolic OH excluding ortho intramolecular Hbond substituents is 1. The highest BCUT2D eigenvalue weighted by atomic mass is 35.5. The lowest BCUT2D eigenvalue weighted by Crippen LogP contribution is -2.61. The lowest BCUT2D eigenvalue weighted by molar-refractivity contribution is -0.343. The van der Waals surface area contributed by atoms with Crippen LogP contribution in [0.15, 0.2) is 59.6 Å². The number of ether oxygens (including phenoxy) is 7. The maximum Gasteiger partial charge on any atom is 0.379 e. The van der Waals surface area contributed by atoms with Gasteiger partial charge in [-0.3, -0.25) is 4.79 Å². The zero-order valence-corrected chi connectivity index (χ0v) is 38.9. The second kappa shape index (κ2) is 19.2. The summed E-state index contributed by atoms with van der Waals surface area (Å²) in [6.45, 7) is 8.26. The Bertz CT molecular complexity index is 2230. The van der Waals surface area contributed by atoms with Crippen LogP contribution in [0.1, 0.15) is 101 Å². The van der Waals surface area contributed by atoms with Crippen molar-refractivity contribution in [3.63, 3.8) is 0 Å². The third-order valence-corrected chi connectivity index (χ3v) is 15.7. The zero-order valence-electron chi connectivity index (χ0n) is 38.1. The van der Waals surface area contributed by atoms with E-state index in [4.69, 9.17) is 44.8 Å². The van der Waals surface area contributed by atoms with Gasteiger partial charge in [0.2, 0.25) is 0 Å². The minimum Gasteiger partial charge on any atom is -0.507 e. The number of phenols is 1. The number of carbonyl (C=O) groups is 4. The number of carboxylic acids is 1. The van der Waals surface area contributed by atoms with Gasteiger partial charge in [-0.25, -0.2) is 14.4 Å². The number of allylic oxidation sites excluding steroid dienone is 2. The minimum atomic E-state index is -1.65. The summed E-state index contributed by atoms with van der Waals surface area (Å²) in [5.74, 6) is -7.70. The number of esters is 3. The molecule has 2 bridgehead atoms. The fourth-order valence-electron chi connectivity index (χ4n) is 11.5. The standard InChI is InChI=1S/C49H61ClO17/c1-22-21-49-27(19-29(22)43(56)57)12-9-7-6-8-11-26-15-16-28-30(48(26,5)47(60)66-41(42(49)55)45(59)67-49)13-10-14-34(28)63-46-38(54)37(53)40(25(4)62-46)64-35-20-33(52)39(24(3)61-35)65-44(58)36-23(2)31(50)17-18-32(36)51/h9,12,15-19,22,24-28,30,33-35,37-40,46,51-55H,6-8,10-11,13-14,20-21H2,1-5H3,(H,56,57)/b12-9-/t22-,24-,25-,26-,27-,28+,30-,33-,34+,35+,37-,38+,39-,40-,46+,48-,49-/m1/s1. The molecule has 0 amide bonds. The van der Waals surface area contributed by atoms with Crippen LogP contribution in [0, 0.1) is 41.9 Å². The lowest BCUT2D eigenvalue weighted by atomic mass is 9.55. The van der Waals surface area contributed by atoms with Gasteiger partial charge >= 0.3 is 23.9 Å². The van der Waals surface area contributed by atoms with Crippen molar-refractivity contribution in [2.24, 2.45) is 35.0 Å². The molecule has 7 aliphatic rings. The molecule has 1 saturated carbocycles. The second-order valence-electron chi connectivity index (χ2n) is 19.5. The molecule has 2 saturated heterocycles. The van der Waals surface area contributed by atoms with Gasteiger partial charge in [-0.2, -0.15) is 0 Å². The summed E-state index contributed by atoms with van der Waals surface area (Å²) in [4.78, 5) is 53.5. The summed E-state index contributed by atoms with van der Waals surface area (Å²) in [7, 11) is 0. The Morgan fingerprint density at radius 1 is 0.896 bits per heavy atom. The number of hydrogen-bond donors (Lipinski definition) is 6. The summed E-state index contributed by atoms with van der Waals surface area (Å²) >= 11 is 6.15. The van der Waals surface area contributed by atoms with Gasteiger partial charge in [-0.05, 0) is 95.2 Å². The average Bonchev–Trinajstić information content (AvgIpc) is 3.50. The number of fused-ring (bicyclic) bond motifs is 3. The number of halogens is 1. The van der Waals surface area contributed by atoms with E-state index < -0.39 is 120 Å². The Morgan fingerprint density at radius 3 is 2.37 bits per heavy atom. The molecule has 0 radical (unpaired) electrons. The Labute approximate surface area is 393 Å². The first-order valence-electron chi connectivity index (χ1n) is 23.3. The minimum absolute atomic E-state index is 0.0323. The molecule has 1 aromatic rings. The van der Waals surface area contributed by atoms with E-state index in [0.717, 1.165) is 12.8 Å². The predicted octanol–water partition coefficient (Wildman–Crippen LogP) is 5.63. The van der Waals surface area contributed by atoms with E-state index in [1.165, 1.54) is 18.2 Å². The predicted molar refractivity (Wildman–Crippen MR) is 235 cm³/mol. The van der Waals surface area contributed by atoms with Crippen molar-refractivity contribution >= 4 is 35.5 Å². The lowest BCUT2D eigenvalue weighted by Gasteiger charge is -2.51. The van der Waals surface area contributed by atoms with Crippen molar-refractivity contribution in [2.75, 3.05) is 0 Å². The smallest absolute Gasteiger partial charge is 0.379 e. The number of benzene rings is 1. The molecule has 17 atom stereocenters. The molecule has 0 aromatic heterocycles. The van der Waals surface area contributed by atoms with Crippen molar-refractivity contribution in [2.45, 2.75) is 159 Å². The van der Waals surface area contributed by atoms with E-state index in [1.54, 1.807) is 33.8 Å². The first-order valence-corrected chi connectivity index (χ1v) is 23.7. The van der Waals surface area contributed by atoms with Crippen LogP contribution < -0.4 is 0 Å². The van der Waals surface area contributed by atoms with Crippen LogP contribution in [0.4, 0.5) is 0 Å². The van der Waals surface area contributed by atoms with Crippen molar-refractivity contribution in [3.8, 4) is 5.75 Å². The average molecular weight is 957 g/mol. The number of aliphatic hydroxyl groups is 4. The van der Waals surface area contributed by atoms with Crippen molar-refractivity contribution in [1.29, 1.82) is 0 Å². The first-order chi connectivity index (χ1) is 31.8. The van der Waals surface area contributed by atoms with E-state index in [-0.39, 0.29) is 52.5 Å². The fourth-order valence-corrected chi connectivity index (χ4v) is 11.7. The zero-order chi connectivity index (χ0) is 48.3. The molecule has 3 fully saturated rings. The van der Waals surface area contributed by atoms with Gasteiger partial charge in [0.15, 0.2) is 30.0 Å². The van der Waals surface area contributed by atoms with Crippen molar-refractivity contribution in [1.82, 2.24) is 0 Å². The number of aromatic hydroxyl groups is 1. The van der Waals surface area contributed by atoms with Crippen LogP contribution in [0.25, 0.3) is 0 Å². The van der Waals surface area contributed by atoms with Gasteiger partial charge in [-0.1, -0.05) is 61.7 Å². The molecule has 6 N–H and O–H groups in total. The molecule has 3 aliphatic carbocycles. The molecule has 18 heteroatoms. The Kier molecular flexibility index (Phi) is 14.1. The van der Waals surface area contributed by atoms with Gasteiger partial charge in [0.05, 0.1) is 29.8 Å². The number of hydrogen-bond acceptors (Lipinski definition) is 16. The summed E-state index contributed by atoms with van der Waals surface area (Å²) in [5, 5.41) is 66.3. The van der Waals surface area contributed by atoms with E-state index in [1.807, 2.05) is 25.2 Å². The number of carbonyl (C=O) groups excluding carboxylic acids is 3. The molecule has 17 nitrogen and oxygen atoms in total. The summed E-state index contributed by atoms with van der Waals surface area (Å²) in [5.41, 5.74) is -2.56. The Morgan fingerprint density at radius 2 is 1.64 bits per heavy atom. The molecule has 0 unspecified atom stereocenters. The highest BCUT2D eigenvalue weighted by Crippen LogP contribution is 2.55. The van der Waals surface area contributed by atoms with E-state index in [0.29, 0.717) is 37.7 Å². The SMILES string of the molecule is Cc1c(Cl)ccc(O)c1C(=O)O[C@H]1[C@H](O)C[C@H](O[C@H]2[C@H](O)[C@H](O)[C@H](O[C@H]3CCC[C@@H]4[C@@H]3C=C[C@H]3CCCC/C=C\[C@@H]5C=C(C(=O)O)[C@H](C)C[C@@]56OC(=O)C(=C6O)OC(=O)[C@@]43C)O[C@@H]2C)O[C@@H]1C. The van der Waals surface area contributed by atoms with E-state index in [9.17, 15) is 49.8 Å². The van der Waals surface area contributed by atoms with Crippen LogP contribution in [0.3, 0.4) is 0 Å². The topological polar surface area (TPSA) is 254 Å². The van der Waals surface area contributed by atoms with Gasteiger partial charge in [0.25, 0.3) is 5.76 Å². The third kappa shape index (κ3) is 8.95. The third-order valence-electron chi connectivity index (χ3n) is 15.3. The van der Waals surface area contributed by atoms with Crippen LogP contribution in [-0.4, -0.2) is 122 Å². The van der Waals surface area contributed by atoms with Crippen LogP contribution in [0.5, 0.6) is 5.75 Å². The van der Waals surface area contributed by atoms with Crippen LogP contribution >= 0.6 is 11.6 Å². The summed E-state index contributed by atoms with van der Waals surface area (Å²) in [6, 6.07) is 2.71. The molecule has 4 aliphatic heterocycles. The molecule has 8 rings (SSSR count). The fraction of sp³-hybridized carbons (Fsp3) is 0.633. The van der Waals surface area contributed by atoms with Gasteiger partial charge in [0, 0.05) is 35.3 Å². The summed E-state index contributed by atoms with van der Waals surface area (Å²) < 4.78 is 42.2. The van der Waals surface area contributed by atoms with Crippen molar-refractivity contribution in [3.05, 3.63) is 75.8 Å². The molecule has 366 valence electrons. The monoisotopic (exact) mass is 956 g/mol. The second-order valence-corrected chi connectivity index (χ2v) is 19.9. The number of aliphatic hydroxyl groups excluding tert-OH is 4. The van der Waals surface area contributed by atoms with Crippen LogP contribution in [-0.2, 0) is 47.5 Å². The van der Waals surface area contributed by atoms with E-state index >= 15 is 0 Å². The number of rotatable bonds is 7. The molecular formula is C49H61ClO17. The Hall–Kier alpha value is -4.33. The first kappa shape index (κ1) is 49.1. The van der Waals surface area contributed by atoms with Crippen LogP contribution in [0.2, 0.25) is 5.02 Å². The van der Waals surface area contributed by atoms with E-state index in [2.05, 4.69) is 0 Å². The molecule has 67 heavy (non-hydrogen) atoms.